The van der Waals surface area contributed by atoms with Gasteiger partial charge in [-0.05, 0) is 82.7 Å². The third kappa shape index (κ3) is 4.94. The molecule has 3 heterocycles. The smallest absolute Gasteiger partial charge is 0.245 e. The first-order valence-corrected chi connectivity index (χ1v) is 12.1. The van der Waals surface area contributed by atoms with Gasteiger partial charge in [0, 0.05) is 25.2 Å². The Morgan fingerprint density at radius 1 is 1.22 bits per heavy atom. The van der Waals surface area contributed by atoms with Crippen LogP contribution in [0.2, 0.25) is 0 Å². The molecule has 0 aromatic heterocycles. The summed E-state index contributed by atoms with van der Waals surface area (Å²) in [6, 6.07) is 8.22. The Balaban J connectivity index is 1.39. The number of benzene rings is 1. The van der Waals surface area contributed by atoms with Crippen LogP contribution in [0.25, 0.3) is 0 Å². The van der Waals surface area contributed by atoms with Crippen molar-refractivity contribution in [1.82, 2.24) is 20.4 Å². The van der Waals surface area contributed by atoms with Gasteiger partial charge in [0.05, 0.1) is 13.2 Å². The average molecular weight is 443 g/mol. The van der Waals surface area contributed by atoms with Gasteiger partial charge < -0.3 is 25.2 Å². The number of nitrogens with zero attached hydrogens (tertiary/aromatic N) is 2. The highest BCUT2D eigenvalue weighted by Gasteiger charge is 2.48. The predicted octanol–water partition coefficient (Wildman–Crippen LogP) is 1.81. The Kier molecular flexibility index (Phi) is 7.36. The van der Waals surface area contributed by atoms with Crippen molar-refractivity contribution in [2.75, 3.05) is 33.8 Å². The molecular weight excluding hydrogens is 404 g/mol. The molecule has 7 heteroatoms. The number of hydrogen-bond acceptors (Lipinski definition) is 5. The average Bonchev–Trinajstić information content (AvgIpc) is 3.11. The lowest BCUT2D eigenvalue weighted by Crippen LogP contribution is -2.57. The molecule has 3 aliphatic heterocycles. The zero-order chi connectivity index (χ0) is 22.7. The van der Waals surface area contributed by atoms with Gasteiger partial charge >= 0.3 is 0 Å². The number of fused-ring (bicyclic) bond motifs is 3. The minimum Gasteiger partial charge on any atom is -0.497 e. The number of piperidine rings is 1. The molecule has 5 atom stereocenters. The van der Waals surface area contributed by atoms with Crippen LogP contribution in [0.15, 0.2) is 24.3 Å². The highest BCUT2D eigenvalue weighted by Crippen LogP contribution is 2.39. The second-order valence-corrected chi connectivity index (χ2v) is 9.65. The summed E-state index contributed by atoms with van der Waals surface area (Å²) in [5.74, 6) is 1.52. The summed E-state index contributed by atoms with van der Waals surface area (Å²) in [5, 5.41) is 5.98. The fourth-order valence-corrected chi connectivity index (χ4v) is 5.68. The number of hydrogen-bond donors (Lipinski definition) is 2. The molecule has 32 heavy (non-hydrogen) atoms. The van der Waals surface area contributed by atoms with E-state index in [9.17, 15) is 9.59 Å². The van der Waals surface area contributed by atoms with Crippen molar-refractivity contribution in [3.63, 3.8) is 0 Å². The van der Waals surface area contributed by atoms with E-state index in [1.165, 1.54) is 5.56 Å². The van der Waals surface area contributed by atoms with Crippen LogP contribution in [-0.2, 0) is 16.0 Å². The maximum absolute atomic E-state index is 13.5. The molecular formula is C25H38N4O3. The summed E-state index contributed by atoms with van der Waals surface area (Å²) in [6.45, 7) is 4.87. The highest BCUT2D eigenvalue weighted by atomic mass is 16.5. The molecule has 3 fully saturated rings. The van der Waals surface area contributed by atoms with Crippen LogP contribution in [0, 0.1) is 5.92 Å². The number of amides is 2. The summed E-state index contributed by atoms with van der Waals surface area (Å²) in [7, 11) is 3.46. The molecule has 0 bridgehead atoms. The molecule has 0 saturated carbocycles. The molecule has 3 aliphatic rings. The monoisotopic (exact) mass is 442 g/mol. The van der Waals surface area contributed by atoms with Gasteiger partial charge in [-0.3, -0.25) is 9.59 Å². The normalized spacial score (nSPS) is 29.1. The molecule has 7 nitrogen and oxygen atoms in total. The number of carbonyl (C=O) groups is 2. The first-order valence-electron chi connectivity index (χ1n) is 12.1. The Labute approximate surface area is 191 Å². The summed E-state index contributed by atoms with van der Waals surface area (Å²) < 4.78 is 5.26. The maximum Gasteiger partial charge on any atom is 0.245 e. The van der Waals surface area contributed by atoms with Crippen molar-refractivity contribution >= 4 is 11.8 Å². The SMILES string of the molecule is CN[C@@H](C)C(=O)N[C@H]1CCC[C@H]2C[C@H]3CCN(CCc4ccc(OC)cc4)C[C@H]3N2C1=O. The van der Waals surface area contributed by atoms with Gasteiger partial charge in [0.15, 0.2) is 0 Å². The molecule has 0 radical (unpaired) electrons. The number of rotatable bonds is 7. The molecule has 0 spiro atoms. The molecule has 0 unspecified atom stereocenters. The van der Waals surface area contributed by atoms with Crippen LogP contribution in [0.5, 0.6) is 5.75 Å². The van der Waals surface area contributed by atoms with E-state index in [0.29, 0.717) is 12.0 Å². The third-order valence-electron chi connectivity index (χ3n) is 7.73. The number of likely N-dealkylation sites (tertiary alicyclic amines) is 1. The molecule has 1 aromatic rings. The standard InChI is InChI=1S/C25H38N4O3/c1-17(26-2)24(30)27-22-6-4-5-20-15-19-12-14-28(16-23(19)29(20)25(22)31)13-11-18-7-9-21(32-3)10-8-18/h7-10,17,19-20,22-23,26H,4-6,11-16H2,1-3H3,(H,27,30)/t17-,19+,20-,22-,23+/m0/s1. The maximum atomic E-state index is 13.5. The number of likely N-dealkylation sites (N-methyl/N-ethyl adjacent to an activating group) is 1. The Morgan fingerprint density at radius 2 is 2.00 bits per heavy atom. The van der Waals surface area contributed by atoms with Crippen molar-refractivity contribution in [3.05, 3.63) is 29.8 Å². The molecule has 2 amide bonds. The van der Waals surface area contributed by atoms with Gasteiger partial charge in [-0.25, -0.2) is 0 Å². The topological polar surface area (TPSA) is 73.9 Å². The Morgan fingerprint density at radius 3 is 2.72 bits per heavy atom. The summed E-state index contributed by atoms with van der Waals surface area (Å²) in [5.41, 5.74) is 1.31. The van der Waals surface area contributed by atoms with Crippen molar-refractivity contribution in [1.29, 1.82) is 0 Å². The van der Waals surface area contributed by atoms with Crippen LogP contribution in [0.3, 0.4) is 0 Å². The fraction of sp³-hybridized carbons (Fsp3) is 0.680. The molecule has 1 aromatic carbocycles. The fourth-order valence-electron chi connectivity index (χ4n) is 5.68. The van der Waals surface area contributed by atoms with Crippen LogP contribution < -0.4 is 15.4 Å². The summed E-state index contributed by atoms with van der Waals surface area (Å²) in [4.78, 5) is 30.7. The second kappa shape index (κ2) is 10.2. The van der Waals surface area contributed by atoms with Crippen LogP contribution in [0.1, 0.15) is 44.6 Å². The van der Waals surface area contributed by atoms with E-state index in [1.807, 2.05) is 19.1 Å². The first-order chi connectivity index (χ1) is 15.5. The number of methoxy groups -OCH3 is 1. The highest BCUT2D eigenvalue weighted by molar-refractivity contribution is 5.90. The van der Waals surface area contributed by atoms with Crippen molar-refractivity contribution in [3.8, 4) is 5.75 Å². The van der Waals surface area contributed by atoms with E-state index in [4.69, 9.17) is 4.74 Å². The second-order valence-electron chi connectivity index (χ2n) is 9.65. The van der Waals surface area contributed by atoms with Gasteiger partial charge in [0.2, 0.25) is 11.8 Å². The third-order valence-corrected chi connectivity index (χ3v) is 7.73. The summed E-state index contributed by atoms with van der Waals surface area (Å²) >= 11 is 0. The molecule has 3 saturated heterocycles. The van der Waals surface area contributed by atoms with E-state index in [0.717, 1.165) is 63.9 Å². The van der Waals surface area contributed by atoms with E-state index >= 15 is 0 Å². The van der Waals surface area contributed by atoms with Gasteiger partial charge in [0.25, 0.3) is 0 Å². The van der Waals surface area contributed by atoms with Crippen molar-refractivity contribution in [2.45, 2.75) is 69.6 Å². The zero-order valence-electron chi connectivity index (χ0n) is 19.7. The number of ether oxygens (including phenoxy) is 1. The van der Waals surface area contributed by atoms with Gasteiger partial charge in [0.1, 0.15) is 11.8 Å². The molecule has 0 aliphatic carbocycles. The molecule has 2 N–H and O–H groups in total. The number of carbonyl (C=O) groups excluding carboxylic acids is 2. The first kappa shape index (κ1) is 23.1. The minimum atomic E-state index is -0.392. The van der Waals surface area contributed by atoms with Gasteiger partial charge in [-0.2, -0.15) is 0 Å². The lowest BCUT2D eigenvalue weighted by atomic mass is 9.90. The van der Waals surface area contributed by atoms with Gasteiger partial charge in [-0.1, -0.05) is 12.1 Å². The van der Waals surface area contributed by atoms with Crippen LogP contribution in [0.4, 0.5) is 0 Å². The Hall–Kier alpha value is -2.12. The quantitative estimate of drug-likeness (QED) is 0.674. The van der Waals surface area contributed by atoms with Crippen LogP contribution in [-0.4, -0.2) is 79.6 Å². The van der Waals surface area contributed by atoms with Crippen molar-refractivity contribution < 1.29 is 14.3 Å². The minimum absolute atomic E-state index is 0.0928. The molecule has 4 rings (SSSR count). The summed E-state index contributed by atoms with van der Waals surface area (Å²) in [6.07, 6.45) is 6.06. The van der Waals surface area contributed by atoms with E-state index in [2.05, 4.69) is 32.6 Å². The molecule has 176 valence electrons. The van der Waals surface area contributed by atoms with E-state index < -0.39 is 6.04 Å². The van der Waals surface area contributed by atoms with Crippen LogP contribution >= 0.6 is 0 Å². The largest absolute Gasteiger partial charge is 0.497 e. The van der Waals surface area contributed by atoms with E-state index in [1.54, 1.807) is 14.2 Å². The Bertz CT molecular complexity index is 799. The lowest BCUT2D eigenvalue weighted by molar-refractivity contribution is -0.139. The predicted molar refractivity (Wildman–Crippen MR) is 125 cm³/mol. The zero-order valence-corrected chi connectivity index (χ0v) is 19.7. The van der Waals surface area contributed by atoms with Crippen molar-refractivity contribution in [2.24, 2.45) is 5.92 Å². The van der Waals surface area contributed by atoms with Gasteiger partial charge in [-0.15, -0.1) is 0 Å². The lowest BCUT2D eigenvalue weighted by Gasteiger charge is -2.40. The van der Waals surface area contributed by atoms with E-state index in [-0.39, 0.29) is 23.9 Å². The number of nitrogens with one attached hydrogen (secondary N) is 2.